The van der Waals surface area contributed by atoms with Crippen LogP contribution in [0.3, 0.4) is 0 Å². The average Bonchev–Trinajstić information content (AvgIpc) is 3.04. The molecule has 0 radical (unpaired) electrons. The molecule has 0 saturated heterocycles. The van der Waals surface area contributed by atoms with Crippen molar-refractivity contribution in [2.45, 2.75) is 128 Å². The highest BCUT2D eigenvalue weighted by Gasteiger charge is 2.06. The number of rotatable bonds is 31. The predicted octanol–water partition coefficient (Wildman–Crippen LogP) is 9.47. The van der Waals surface area contributed by atoms with Gasteiger partial charge in [0, 0.05) is 62.9 Å². The van der Waals surface area contributed by atoms with Crippen LogP contribution in [0.4, 0.5) is 0 Å². The molecule has 262 valence electrons. The molecule has 0 saturated carbocycles. The Morgan fingerprint density at radius 1 is 0.587 bits per heavy atom. The molecule has 0 aliphatic rings. The maximum Gasteiger partial charge on any atom is 0.226 e. The van der Waals surface area contributed by atoms with Gasteiger partial charge in [-0.3, -0.25) is 9.59 Å². The third-order valence-corrected chi connectivity index (χ3v) is 9.97. The fourth-order valence-corrected chi connectivity index (χ4v) is 6.80. The summed E-state index contributed by atoms with van der Waals surface area (Å²) in [4.78, 5) is 27.5. The third kappa shape index (κ3) is 29.4. The third-order valence-electron chi connectivity index (χ3n) is 7.44. The number of hydrogen-bond acceptors (Lipinski definition) is 6. The standard InChI is InChI=1S/C38H66N4O2S2/c1-5-7-25-31-41(3)37(43)29-23-19-15-11-9-13-17-21-27-35(39)33-45-46-34-36(40)28-22-18-14-10-12-16-20-24-30-38(44)42(4)32-26-8-6-2/h5-6,21-22,25-28,31-32,35-36H,1-2,7-20,23-24,29-30,33-34,39-40H2,3-4H3/b27-21+,28-22+,31-25+,32-26+/t35-,36?/m1/s1. The van der Waals surface area contributed by atoms with E-state index < -0.39 is 0 Å². The van der Waals surface area contributed by atoms with Gasteiger partial charge in [0.15, 0.2) is 0 Å². The normalized spacial score (nSPS) is 13.2. The van der Waals surface area contributed by atoms with Gasteiger partial charge in [0.1, 0.15) is 0 Å². The van der Waals surface area contributed by atoms with Crippen LogP contribution in [-0.4, -0.2) is 59.3 Å². The van der Waals surface area contributed by atoms with Gasteiger partial charge in [0.05, 0.1) is 0 Å². The second-order valence-corrected chi connectivity index (χ2v) is 14.5. The lowest BCUT2D eigenvalue weighted by Gasteiger charge is -2.11. The Morgan fingerprint density at radius 2 is 0.935 bits per heavy atom. The molecule has 6 nitrogen and oxygen atoms in total. The lowest BCUT2D eigenvalue weighted by molar-refractivity contribution is -0.128. The Bertz CT molecular complexity index is 831. The van der Waals surface area contributed by atoms with Crippen LogP contribution in [0.5, 0.6) is 0 Å². The summed E-state index contributed by atoms with van der Waals surface area (Å²) in [7, 11) is 7.25. The SMILES string of the molecule is C=CC/C=C/N(C)C(=O)CCCCCCCC/C=C/C(N)CSSC[C@H](N)/C=C/CCCCCCCCC(=O)N(C)/C=C/CC=C. The minimum Gasteiger partial charge on any atom is -0.324 e. The van der Waals surface area contributed by atoms with Gasteiger partial charge < -0.3 is 21.3 Å². The van der Waals surface area contributed by atoms with Gasteiger partial charge >= 0.3 is 0 Å². The number of carbonyl (C=O) groups is 2. The summed E-state index contributed by atoms with van der Waals surface area (Å²) in [5, 5.41) is 0. The average molecular weight is 675 g/mol. The molecule has 0 aromatic carbocycles. The van der Waals surface area contributed by atoms with E-state index in [9.17, 15) is 9.59 Å². The fraction of sp³-hybridized carbons (Fsp3) is 0.632. The van der Waals surface area contributed by atoms with Crippen molar-refractivity contribution in [3.8, 4) is 0 Å². The van der Waals surface area contributed by atoms with E-state index in [0.29, 0.717) is 12.8 Å². The van der Waals surface area contributed by atoms with Crippen LogP contribution in [0.1, 0.15) is 116 Å². The molecule has 0 fully saturated rings. The second kappa shape index (κ2) is 32.9. The summed E-state index contributed by atoms with van der Waals surface area (Å²) in [6, 6.07) is 0.163. The maximum atomic E-state index is 12.1. The minimum atomic E-state index is 0.0814. The van der Waals surface area contributed by atoms with Crippen molar-refractivity contribution in [1.82, 2.24) is 9.80 Å². The molecule has 0 aromatic rings. The van der Waals surface area contributed by atoms with Gasteiger partial charge in [-0.1, -0.05) is 122 Å². The van der Waals surface area contributed by atoms with Crippen LogP contribution in [0.2, 0.25) is 0 Å². The first-order valence-corrected chi connectivity index (χ1v) is 20.0. The number of amides is 2. The first-order chi connectivity index (χ1) is 22.3. The van der Waals surface area contributed by atoms with Gasteiger partial charge in [0.25, 0.3) is 0 Å². The molecular formula is C38H66N4O2S2. The molecule has 0 spiro atoms. The Morgan fingerprint density at radius 3 is 1.30 bits per heavy atom. The molecule has 4 N–H and O–H groups in total. The van der Waals surface area contributed by atoms with E-state index in [1.54, 1.807) is 31.4 Å². The van der Waals surface area contributed by atoms with Crippen molar-refractivity contribution in [3.05, 3.63) is 74.2 Å². The Labute approximate surface area is 290 Å². The van der Waals surface area contributed by atoms with Crippen LogP contribution < -0.4 is 11.5 Å². The minimum absolute atomic E-state index is 0.0814. The van der Waals surface area contributed by atoms with E-state index in [2.05, 4.69) is 37.5 Å². The second-order valence-electron chi connectivity index (χ2n) is 11.9. The monoisotopic (exact) mass is 674 g/mol. The molecule has 2 atom stereocenters. The lowest BCUT2D eigenvalue weighted by Crippen LogP contribution is -2.21. The Hall–Kier alpha value is -2.00. The van der Waals surface area contributed by atoms with Crippen molar-refractivity contribution in [2.75, 3.05) is 25.6 Å². The molecule has 8 heteroatoms. The van der Waals surface area contributed by atoms with Crippen LogP contribution >= 0.6 is 21.6 Å². The number of nitrogens with two attached hydrogens (primary N) is 2. The van der Waals surface area contributed by atoms with Crippen LogP contribution in [-0.2, 0) is 9.59 Å². The molecular weight excluding hydrogens is 609 g/mol. The van der Waals surface area contributed by atoms with Crippen molar-refractivity contribution in [2.24, 2.45) is 11.5 Å². The van der Waals surface area contributed by atoms with Crippen LogP contribution in [0.25, 0.3) is 0 Å². The molecule has 0 aliphatic heterocycles. The molecule has 0 aliphatic carbocycles. The largest absolute Gasteiger partial charge is 0.324 e. The molecule has 0 bridgehead atoms. The number of hydrogen-bond donors (Lipinski definition) is 2. The number of unbranched alkanes of at least 4 members (excludes halogenated alkanes) is 12. The van der Waals surface area contributed by atoms with Crippen LogP contribution in [0.15, 0.2) is 74.2 Å². The number of carbonyl (C=O) groups excluding carboxylic acids is 2. The zero-order valence-corrected chi connectivity index (χ0v) is 30.8. The summed E-state index contributed by atoms with van der Waals surface area (Å²) in [6.07, 6.45) is 38.8. The van der Waals surface area contributed by atoms with E-state index in [1.165, 1.54) is 51.4 Å². The first-order valence-electron chi connectivity index (χ1n) is 17.5. The van der Waals surface area contributed by atoms with Crippen molar-refractivity contribution in [1.29, 1.82) is 0 Å². The van der Waals surface area contributed by atoms with Crippen molar-refractivity contribution < 1.29 is 9.59 Å². The summed E-state index contributed by atoms with van der Waals surface area (Å²) < 4.78 is 0. The quantitative estimate of drug-likeness (QED) is 0.0432. The van der Waals surface area contributed by atoms with Gasteiger partial charge in [-0.05, 0) is 51.4 Å². The molecule has 46 heavy (non-hydrogen) atoms. The number of allylic oxidation sites excluding steroid dienone is 6. The van der Waals surface area contributed by atoms with Crippen molar-refractivity contribution in [3.63, 3.8) is 0 Å². The summed E-state index contributed by atoms with van der Waals surface area (Å²) in [5.41, 5.74) is 12.5. The van der Waals surface area contributed by atoms with E-state index >= 15 is 0 Å². The van der Waals surface area contributed by atoms with E-state index in [0.717, 1.165) is 62.9 Å². The van der Waals surface area contributed by atoms with E-state index in [4.69, 9.17) is 11.5 Å². The molecule has 0 aromatic heterocycles. The summed E-state index contributed by atoms with van der Waals surface area (Å²) >= 11 is 0. The van der Waals surface area contributed by atoms with Gasteiger partial charge in [0.2, 0.25) is 11.8 Å². The molecule has 1 unspecified atom stereocenters. The zero-order valence-electron chi connectivity index (χ0n) is 29.2. The summed E-state index contributed by atoms with van der Waals surface area (Å²) in [6.45, 7) is 7.36. The molecule has 0 rings (SSSR count). The zero-order chi connectivity index (χ0) is 34.1. The van der Waals surface area contributed by atoms with Gasteiger partial charge in [-0.2, -0.15) is 0 Å². The van der Waals surface area contributed by atoms with Gasteiger partial charge in [-0.15, -0.1) is 13.2 Å². The summed E-state index contributed by atoms with van der Waals surface area (Å²) in [5.74, 6) is 2.16. The van der Waals surface area contributed by atoms with Crippen molar-refractivity contribution >= 4 is 33.4 Å². The van der Waals surface area contributed by atoms with E-state index in [1.807, 2.05) is 50.8 Å². The van der Waals surface area contributed by atoms with Gasteiger partial charge in [-0.25, -0.2) is 0 Å². The number of nitrogens with zero attached hydrogens (tertiary/aromatic N) is 2. The Kier molecular flexibility index (Phi) is 31.5. The van der Waals surface area contributed by atoms with E-state index in [-0.39, 0.29) is 23.9 Å². The predicted molar refractivity (Wildman–Crippen MR) is 206 cm³/mol. The smallest absolute Gasteiger partial charge is 0.226 e. The maximum absolute atomic E-state index is 12.1. The highest BCUT2D eigenvalue weighted by Crippen LogP contribution is 2.23. The Balaban J connectivity index is 3.61. The molecule has 2 amide bonds. The topological polar surface area (TPSA) is 92.7 Å². The highest BCUT2D eigenvalue weighted by molar-refractivity contribution is 8.76. The molecule has 0 heterocycles. The lowest BCUT2D eigenvalue weighted by atomic mass is 10.1. The highest BCUT2D eigenvalue weighted by atomic mass is 33.1. The van der Waals surface area contributed by atoms with Crippen LogP contribution in [0, 0.1) is 0 Å². The fourth-order valence-electron chi connectivity index (χ4n) is 4.55. The first kappa shape index (κ1) is 44.0.